The zero-order chi connectivity index (χ0) is 25.8. The van der Waals surface area contributed by atoms with E-state index >= 15 is 0 Å². The normalized spacial score (nSPS) is 15.8. The molecule has 35 heavy (non-hydrogen) atoms. The van der Waals surface area contributed by atoms with Gasteiger partial charge in [0.05, 0.1) is 12.7 Å². The Kier molecular flexibility index (Phi) is 8.16. The Hall–Kier alpha value is -3.40. The SMILES string of the molecule is CC[C@@H](C)NC(=O)[C@H](C)N(Cc1ccc(OC)cc1)C(=O)CCN1C(=O)c2ccccc2S1(=O)=O. The average Bonchev–Trinajstić information content (AvgIpc) is 3.05. The summed E-state index contributed by atoms with van der Waals surface area (Å²) in [6.45, 7) is 5.28. The van der Waals surface area contributed by atoms with Crippen molar-refractivity contribution in [1.82, 2.24) is 14.5 Å². The van der Waals surface area contributed by atoms with Crippen LogP contribution in [0.2, 0.25) is 0 Å². The maximum Gasteiger partial charge on any atom is 0.269 e. The molecule has 9 nitrogen and oxygen atoms in total. The van der Waals surface area contributed by atoms with E-state index in [-0.39, 0.29) is 41.9 Å². The zero-order valence-electron chi connectivity index (χ0n) is 20.4. The van der Waals surface area contributed by atoms with Crippen LogP contribution in [0.25, 0.3) is 0 Å². The van der Waals surface area contributed by atoms with Crippen LogP contribution >= 0.6 is 0 Å². The molecule has 0 bridgehead atoms. The molecular weight excluding hydrogens is 470 g/mol. The quantitative estimate of drug-likeness (QED) is 0.535. The second-order valence-electron chi connectivity index (χ2n) is 8.49. The van der Waals surface area contributed by atoms with E-state index in [9.17, 15) is 22.8 Å². The maximum atomic E-state index is 13.3. The first-order chi connectivity index (χ1) is 16.6. The lowest BCUT2D eigenvalue weighted by molar-refractivity contribution is -0.140. The minimum atomic E-state index is -4.02. The first-order valence-corrected chi connectivity index (χ1v) is 12.9. The Morgan fingerprint density at radius 2 is 1.74 bits per heavy atom. The lowest BCUT2D eigenvalue weighted by Crippen LogP contribution is -2.50. The van der Waals surface area contributed by atoms with Crippen LogP contribution in [0.4, 0.5) is 0 Å². The van der Waals surface area contributed by atoms with E-state index in [0.29, 0.717) is 5.75 Å². The molecular formula is C25H31N3O6S. The summed E-state index contributed by atoms with van der Waals surface area (Å²) in [6.07, 6.45) is 0.483. The molecule has 0 spiro atoms. The van der Waals surface area contributed by atoms with Gasteiger partial charge in [0.15, 0.2) is 0 Å². The molecule has 0 aromatic heterocycles. The molecule has 1 N–H and O–H groups in total. The van der Waals surface area contributed by atoms with E-state index < -0.39 is 27.9 Å². The number of nitrogens with one attached hydrogen (secondary N) is 1. The lowest BCUT2D eigenvalue weighted by Gasteiger charge is -2.30. The van der Waals surface area contributed by atoms with Crippen LogP contribution in [0.5, 0.6) is 5.75 Å². The number of benzene rings is 2. The van der Waals surface area contributed by atoms with Crippen LogP contribution in [-0.2, 0) is 26.2 Å². The third-order valence-corrected chi connectivity index (χ3v) is 7.96. The molecule has 3 rings (SSSR count). The third-order valence-electron chi connectivity index (χ3n) is 6.12. The van der Waals surface area contributed by atoms with E-state index in [0.717, 1.165) is 16.3 Å². The number of hydrogen-bond donors (Lipinski definition) is 1. The van der Waals surface area contributed by atoms with Gasteiger partial charge in [0.1, 0.15) is 16.7 Å². The van der Waals surface area contributed by atoms with Crippen molar-refractivity contribution in [3.8, 4) is 5.75 Å². The molecule has 1 heterocycles. The Morgan fingerprint density at radius 3 is 2.34 bits per heavy atom. The lowest BCUT2D eigenvalue weighted by atomic mass is 10.1. The number of ether oxygens (including phenoxy) is 1. The van der Waals surface area contributed by atoms with Gasteiger partial charge < -0.3 is 15.0 Å². The van der Waals surface area contributed by atoms with Crippen molar-refractivity contribution in [3.63, 3.8) is 0 Å². The summed E-state index contributed by atoms with van der Waals surface area (Å²) in [5.74, 6) is -0.741. The minimum Gasteiger partial charge on any atom is -0.497 e. The van der Waals surface area contributed by atoms with E-state index in [2.05, 4.69) is 5.32 Å². The molecule has 0 radical (unpaired) electrons. The van der Waals surface area contributed by atoms with Crippen LogP contribution < -0.4 is 10.1 Å². The predicted octanol–water partition coefficient (Wildman–Crippen LogP) is 2.56. The number of methoxy groups -OCH3 is 1. The standard InChI is InChI=1S/C25H31N3O6S/c1-5-17(2)26-24(30)18(3)27(16-19-10-12-20(34-4)13-11-19)23(29)14-15-28-25(31)21-8-6-7-9-22(21)35(28,32)33/h6-13,17-18H,5,14-16H2,1-4H3,(H,26,30)/t17-,18+/m1/s1. The van der Waals surface area contributed by atoms with Crippen LogP contribution in [0.1, 0.15) is 49.5 Å². The molecule has 188 valence electrons. The summed E-state index contributed by atoms with van der Waals surface area (Å²) in [5.41, 5.74) is 0.871. The molecule has 2 aromatic rings. The second kappa shape index (κ2) is 10.9. The smallest absolute Gasteiger partial charge is 0.269 e. The van der Waals surface area contributed by atoms with Crippen molar-refractivity contribution in [1.29, 1.82) is 0 Å². The fourth-order valence-corrected chi connectivity index (χ4v) is 5.34. The number of nitrogens with zero attached hydrogens (tertiary/aromatic N) is 2. The summed E-state index contributed by atoms with van der Waals surface area (Å²) in [4.78, 5) is 40.2. The molecule has 1 aliphatic heterocycles. The van der Waals surface area contributed by atoms with Crippen LogP contribution in [0, 0.1) is 0 Å². The fraction of sp³-hybridized carbons (Fsp3) is 0.400. The number of amides is 3. The number of carbonyl (C=O) groups is 3. The molecule has 1 aliphatic rings. The van der Waals surface area contributed by atoms with Crippen LogP contribution in [0.15, 0.2) is 53.4 Å². The number of rotatable bonds is 10. The minimum absolute atomic E-state index is 0.0613. The number of hydrogen-bond acceptors (Lipinski definition) is 6. The molecule has 2 aromatic carbocycles. The predicted molar refractivity (Wildman–Crippen MR) is 130 cm³/mol. The molecule has 0 saturated heterocycles. The van der Waals surface area contributed by atoms with Gasteiger partial charge in [0.25, 0.3) is 15.9 Å². The monoisotopic (exact) mass is 501 g/mol. The first kappa shape index (κ1) is 26.2. The average molecular weight is 502 g/mol. The van der Waals surface area contributed by atoms with Crippen molar-refractivity contribution in [2.45, 2.75) is 57.1 Å². The number of sulfonamides is 1. The van der Waals surface area contributed by atoms with Gasteiger partial charge in [-0.3, -0.25) is 14.4 Å². The number of fused-ring (bicyclic) bond motifs is 1. The molecule has 0 fully saturated rings. The summed E-state index contributed by atoms with van der Waals surface area (Å²) >= 11 is 0. The van der Waals surface area contributed by atoms with E-state index in [4.69, 9.17) is 4.74 Å². The van der Waals surface area contributed by atoms with Crippen LogP contribution in [0.3, 0.4) is 0 Å². The highest BCUT2D eigenvalue weighted by atomic mass is 32.2. The highest BCUT2D eigenvalue weighted by molar-refractivity contribution is 7.90. The maximum absolute atomic E-state index is 13.3. The first-order valence-electron chi connectivity index (χ1n) is 11.5. The van der Waals surface area contributed by atoms with Crippen molar-refractivity contribution in [3.05, 3.63) is 59.7 Å². The van der Waals surface area contributed by atoms with Gasteiger partial charge in [-0.1, -0.05) is 31.2 Å². The van der Waals surface area contributed by atoms with E-state index in [1.807, 2.05) is 13.8 Å². The largest absolute Gasteiger partial charge is 0.497 e. The molecule has 2 atom stereocenters. The Bertz CT molecular complexity index is 1200. The molecule has 3 amide bonds. The highest BCUT2D eigenvalue weighted by Crippen LogP contribution is 2.30. The molecule has 10 heteroatoms. The third kappa shape index (κ3) is 5.64. The topological polar surface area (TPSA) is 113 Å². The van der Waals surface area contributed by atoms with Gasteiger partial charge in [-0.15, -0.1) is 0 Å². The van der Waals surface area contributed by atoms with Crippen molar-refractivity contribution in [2.75, 3.05) is 13.7 Å². The second-order valence-corrected chi connectivity index (χ2v) is 10.3. The zero-order valence-corrected chi connectivity index (χ0v) is 21.2. The van der Waals surface area contributed by atoms with Gasteiger partial charge in [-0.25, -0.2) is 12.7 Å². The Balaban J connectivity index is 1.79. The van der Waals surface area contributed by atoms with Crippen molar-refractivity contribution in [2.24, 2.45) is 0 Å². The fourth-order valence-electron chi connectivity index (χ4n) is 3.77. The van der Waals surface area contributed by atoms with E-state index in [1.54, 1.807) is 50.4 Å². The van der Waals surface area contributed by atoms with Crippen molar-refractivity contribution < 1.29 is 27.5 Å². The molecule has 0 saturated carbocycles. The molecule has 0 aliphatic carbocycles. The number of carbonyl (C=O) groups excluding carboxylic acids is 3. The summed E-state index contributed by atoms with van der Waals surface area (Å²) in [7, 11) is -2.47. The van der Waals surface area contributed by atoms with Gasteiger partial charge >= 0.3 is 0 Å². The van der Waals surface area contributed by atoms with Gasteiger partial charge in [0, 0.05) is 25.6 Å². The highest BCUT2D eigenvalue weighted by Gasteiger charge is 2.41. The van der Waals surface area contributed by atoms with Crippen molar-refractivity contribution >= 4 is 27.7 Å². The summed E-state index contributed by atoms with van der Waals surface area (Å²) in [5, 5.41) is 2.88. The van der Waals surface area contributed by atoms with Gasteiger partial charge in [-0.05, 0) is 50.1 Å². The van der Waals surface area contributed by atoms with Gasteiger partial charge in [0.2, 0.25) is 11.8 Å². The van der Waals surface area contributed by atoms with E-state index in [1.165, 1.54) is 17.0 Å². The van der Waals surface area contributed by atoms with Crippen LogP contribution in [-0.4, -0.2) is 61.1 Å². The summed E-state index contributed by atoms with van der Waals surface area (Å²) < 4.78 is 31.6. The Morgan fingerprint density at radius 1 is 1.09 bits per heavy atom. The summed E-state index contributed by atoms with van der Waals surface area (Å²) in [6, 6.07) is 12.2. The Labute approximate surface area is 206 Å². The molecule has 0 unspecified atom stereocenters. The van der Waals surface area contributed by atoms with Gasteiger partial charge in [-0.2, -0.15) is 0 Å².